The molecule has 6 nitrogen and oxygen atoms in total. The topological polar surface area (TPSA) is 79.3 Å². The number of benzene rings is 2. The Morgan fingerprint density at radius 2 is 1.84 bits per heavy atom. The second-order valence-electron chi connectivity index (χ2n) is 5.37. The predicted octanol–water partition coefficient (Wildman–Crippen LogP) is 2.95. The molecule has 1 aromatic heterocycles. The van der Waals surface area contributed by atoms with Crippen molar-refractivity contribution in [3.63, 3.8) is 0 Å². The molecule has 0 radical (unpaired) electrons. The molecule has 1 heterocycles. The summed E-state index contributed by atoms with van der Waals surface area (Å²) in [6.45, 7) is 0. The van der Waals surface area contributed by atoms with Gasteiger partial charge in [-0.1, -0.05) is 12.1 Å². The van der Waals surface area contributed by atoms with E-state index >= 15 is 0 Å². The number of nitro benzene ring substituents is 1. The number of nitrogens with zero attached hydrogens (tertiary/aromatic N) is 2. The number of nitrogens with one attached hydrogen (secondary N) is 1. The van der Waals surface area contributed by atoms with Crippen LogP contribution in [0.4, 0.5) is 18.9 Å². The average molecular weight is 350 g/mol. The number of halogens is 3. The maximum atomic E-state index is 12.9. The minimum atomic E-state index is -4.54. The lowest BCUT2D eigenvalue weighted by Crippen LogP contribution is -2.28. The molecule has 0 amide bonds. The van der Waals surface area contributed by atoms with Crippen molar-refractivity contribution in [2.45, 2.75) is 6.18 Å². The van der Waals surface area contributed by atoms with Crippen molar-refractivity contribution >= 4 is 16.6 Å². The minimum absolute atomic E-state index is 0.0389. The number of hydrogen-bond acceptors (Lipinski definition) is 3. The summed E-state index contributed by atoms with van der Waals surface area (Å²) in [5.41, 5.74) is -1.71. The Morgan fingerprint density at radius 1 is 1.16 bits per heavy atom. The first kappa shape index (κ1) is 16.6. The molecule has 0 spiro atoms. The highest BCUT2D eigenvalue weighted by Gasteiger charge is 2.31. The molecule has 0 saturated carbocycles. The van der Waals surface area contributed by atoms with Gasteiger partial charge in [-0.15, -0.1) is 0 Å². The van der Waals surface area contributed by atoms with Gasteiger partial charge in [-0.05, 0) is 24.3 Å². The number of hydrogen-bond donors (Lipinski definition) is 0. The standard InChI is InChI=1S/C16H10F3N3O3/c1-21-14(9-4-2-5-10(8-9)16(17,18)19)20-13-11(15(21)23)6-3-7-12(13)22(24)25/h2-8H,1H3/p+1. The summed E-state index contributed by atoms with van der Waals surface area (Å²) in [5, 5.41) is 11.2. The normalized spacial score (nSPS) is 11.7. The molecular weight excluding hydrogens is 339 g/mol. The summed E-state index contributed by atoms with van der Waals surface area (Å²) in [6.07, 6.45) is -4.54. The zero-order valence-electron chi connectivity index (χ0n) is 12.8. The van der Waals surface area contributed by atoms with Gasteiger partial charge < -0.3 is 0 Å². The van der Waals surface area contributed by atoms with E-state index in [1.165, 1.54) is 37.4 Å². The van der Waals surface area contributed by atoms with Crippen LogP contribution in [0.5, 0.6) is 0 Å². The van der Waals surface area contributed by atoms with Crippen LogP contribution in [-0.4, -0.2) is 9.49 Å². The molecule has 2 aromatic carbocycles. The van der Waals surface area contributed by atoms with Crippen LogP contribution in [0.25, 0.3) is 22.3 Å². The number of rotatable bonds is 2. The van der Waals surface area contributed by atoms with Gasteiger partial charge in [0.15, 0.2) is 0 Å². The Bertz CT molecular complexity index is 1060. The molecule has 0 saturated heterocycles. The number of aromatic nitrogens is 2. The van der Waals surface area contributed by atoms with Gasteiger partial charge in [0.1, 0.15) is 5.39 Å². The van der Waals surface area contributed by atoms with Crippen LogP contribution in [0.3, 0.4) is 0 Å². The Labute approximate surface area is 138 Å². The molecule has 3 aromatic rings. The lowest BCUT2D eigenvalue weighted by molar-refractivity contribution is -0.398. The van der Waals surface area contributed by atoms with Crippen molar-refractivity contribution < 1.29 is 23.1 Å². The van der Waals surface area contributed by atoms with Gasteiger partial charge in [-0.3, -0.25) is 10.1 Å². The van der Waals surface area contributed by atoms with E-state index in [0.29, 0.717) is 0 Å². The third-order valence-corrected chi connectivity index (χ3v) is 3.82. The largest absolute Gasteiger partial charge is 0.416 e. The van der Waals surface area contributed by atoms with Crippen LogP contribution >= 0.6 is 0 Å². The zero-order chi connectivity index (χ0) is 18.4. The van der Waals surface area contributed by atoms with E-state index in [1.54, 1.807) is 0 Å². The number of fused-ring (bicyclic) bond motifs is 1. The number of nitro groups is 1. The fourth-order valence-corrected chi connectivity index (χ4v) is 2.59. The molecule has 0 fully saturated rings. The van der Waals surface area contributed by atoms with Gasteiger partial charge in [-0.2, -0.15) is 17.7 Å². The molecule has 0 bridgehead atoms. The van der Waals surface area contributed by atoms with E-state index in [0.717, 1.165) is 16.7 Å². The summed E-state index contributed by atoms with van der Waals surface area (Å²) in [7, 11) is 1.38. The Hall–Kier alpha value is -3.23. The van der Waals surface area contributed by atoms with Crippen molar-refractivity contribution in [3.05, 3.63) is 68.5 Å². The summed E-state index contributed by atoms with van der Waals surface area (Å²) in [6, 6.07) is 8.39. The molecule has 0 aliphatic rings. The van der Waals surface area contributed by atoms with Crippen molar-refractivity contribution in [2.75, 3.05) is 0 Å². The highest BCUT2D eigenvalue weighted by Crippen LogP contribution is 2.31. The molecule has 0 atom stereocenters. The first-order chi connectivity index (χ1) is 11.7. The van der Waals surface area contributed by atoms with Crippen LogP contribution in [0.1, 0.15) is 5.56 Å². The van der Waals surface area contributed by atoms with Crippen molar-refractivity contribution in [3.8, 4) is 11.4 Å². The van der Waals surface area contributed by atoms with Gasteiger partial charge in [-0.25, -0.2) is 9.78 Å². The van der Waals surface area contributed by atoms with Gasteiger partial charge in [0.25, 0.3) is 5.82 Å². The molecule has 0 aliphatic heterocycles. The minimum Gasteiger partial charge on any atom is -0.258 e. The summed E-state index contributed by atoms with van der Waals surface area (Å²) < 4.78 is 39.9. The average Bonchev–Trinajstić information content (AvgIpc) is 2.56. The van der Waals surface area contributed by atoms with Crippen LogP contribution in [-0.2, 0) is 13.2 Å². The Balaban J connectivity index is 2.35. The van der Waals surface area contributed by atoms with Gasteiger partial charge >= 0.3 is 17.4 Å². The van der Waals surface area contributed by atoms with Crippen LogP contribution in [0.2, 0.25) is 0 Å². The quantitative estimate of drug-likeness (QED) is 0.526. The van der Waals surface area contributed by atoms with E-state index in [4.69, 9.17) is 0 Å². The second-order valence-corrected chi connectivity index (χ2v) is 5.37. The smallest absolute Gasteiger partial charge is 0.258 e. The maximum absolute atomic E-state index is 12.9. The van der Waals surface area contributed by atoms with Crippen LogP contribution in [0.15, 0.2) is 47.3 Å². The first-order valence-corrected chi connectivity index (χ1v) is 7.07. The molecule has 0 unspecified atom stereocenters. The second kappa shape index (κ2) is 5.69. The third-order valence-electron chi connectivity index (χ3n) is 3.82. The van der Waals surface area contributed by atoms with Gasteiger partial charge in [0, 0.05) is 6.07 Å². The van der Waals surface area contributed by atoms with Crippen LogP contribution < -0.4 is 10.5 Å². The monoisotopic (exact) mass is 350 g/mol. The summed E-state index contributed by atoms with van der Waals surface area (Å²) >= 11 is 0. The van der Waals surface area contributed by atoms with Gasteiger partial charge in [0.2, 0.25) is 5.52 Å². The molecule has 128 valence electrons. The Morgan fingerprint density at radius 3 is 2.48 bits per heavy atom. The lowest BCUT2D eigenvalue weighted by Gasteiger charge is -2.08. The number of aromatic amines is 1. The van der Waals surface area contributed by atoms with E-state index in [1.807, 2.05) is 0 Å². The zero-order valence-corrected chi connectivity index (χ0v) is 12.8. The molecule has 0 aliphatic carbocycles. The fraction of sp³-hybridized carbons (Fsp3) is 0.125. The summed E-state index contributed by atoms with van der Waals surface area (Å²) in [5.74, 6) is 0.0397. The number of H-pyrrole nitrogens is 1. The molecule has 1 N–H and O–H groups in total. The van der Waals surface area contributed by atoms with Gasteiger partial charge in [0.05, 0.1) is 23.1 Å². The van der Waals surface area contributed by atoms with Crippen molar-refractivity contribution in [2.24, 2.45) is 7.05 Å². The number of para-hydroxylation sites is 1. The van der Waals surface area contributed by atoms with E-state index in [9.17, 15) is 28.1 Å². The maximum Gasteiger partial charge on any atom is 0.416 e. The molecule has 9 heteroatoms. The highest BCUT2D eigenvalue weighted by atomic mass is 19.4. The SMILES string of the molecule is Cn1c(-c2cccc(C(F)(F)F)c2)[nH+]c2c([N+](=O)[O-])cccc2c1=O. The molecular formula is C16H11F3N3O3+. The first-order valence-electron chi connectivity index (χ1n) is 7.07. The number of alkyl halides is 3. The number of non-ortho nitro benzene ring substituents is 1. The van der Waals surface area contributed by atoms with Crippen LogP contribution in [0, 0.1) is 10.1 Å². The third kappa shape index (κ3) is 2.84. The summed E-state index contributed by atoms with van der Waals surface area (Å²) in [4.78, 5) is 25.7. The predicted molar refractivity (Wildman–Crippen MR) is 82.8 cm³/mol. The lowest BCUT2D eigenvalue weighted by atomic mass is 10.1. The van der Waals surface area contributed by atoms with Crippen molar-refractivity contribution in [1.29, 1.82) is 0 Å². The highest BCUT2D eigenvalue weighted by molar-refractivity contribution is 5.84. The fourth-order valence-electron chi connectivity index (χ4n) is 2.59. The molecule has 25 heavy (non-hydrogen) atoms. The Kier molecular flexibility index (Phi) is 3.78. The van der Waals surface area contributed by atoms with E-state index < -0.39 is 22.2 Å². The van der Waals surface area contributed by atoms with E-state index in [2.05, 4.69) is 4.98 Å². The van der Waals surface area contributed by atoms with Crippen molar-refractivity contribution in [1.82, 2.24) is 4.57 Å². The van der Waals surface area contributed by atoms with E-state index in [-0.39, 0.29) is 28.0 Å². The molecule has 3 rings (SSSR count).